The van der Waals surface area contributed by atoms with Crippen molar-refractivity contribution in [3.8, 4) is 0 Å². The monoisotopic (exact) mass is 447 g/mol. The quantitative estimate of drug-likeness (QED) is 0.280. The number of nitrogens with zero attached hydrogens (tertiary/aromatic N) is 2. The SMILES string of the molecule is Cc1ccccc1C(C/C(=N/O)c1ccc(=O)n(C)c1)c1ccc(C(=O)NC(C)CO)cc1. The normalized spacial score (nSPS) is 13.4. The Morgan fingerprint density at radius 2 is 1.73 bits per heavy atom. The zero-order valence-corrected chi connectivity index (χ0v) is 19.0. The predicted octanol–water partition coefficient (Wildman–Crippen LogP) is 3.20. The first-order valence-corrected chi connectivity index (χ1v) is 10.8. The summed E-state index contributed by atoms with van der Waals surface area (Å²) < 4.78 is 1.45. The molecular weight excluding hydrogens is 418 g/mol. The summed E-state index contributed by atoms with van der Waals surface area (Å²) >= 11 is 0. The summed E-state index contributed by atoms with van der Waals surface area (Å²) in [5.74, 6) is -0.388. The fraction of sp³-hybridized carbons (Fsp3) is 0.269. The Hall–Kier alpha value is -3.71. The Bertz CT molecular complexity index is 1200. The molecule has 7 nitrogen and oxygen atoms in total. The van der Waals surface area contributed by atoms with Gasteiger partial charge in [0.15, 0.2) is 0 Å². The van der Waals surface area contributed by atoms with Crippen molar-refractivity contribution < 1.29 is 15.1 Å². The summed E-state index contributed by atoms with van der Waals surface area (Å²) in [5.41, 5.74) is 4.60. The molecule has 0 fully saturated rings. The first-order valence-electron chi connectivity index (χ1n) is 10.8. The van der Waals surface area contributed by atoms with Gasteiger partial charge in [0.05, 0.1) is 12.3 Å². The molecule has 3 N–H and O–H groups in total. The number of aliphatic hydroxyl groups is 1. The molecule has 0 radical (unpaired) electrons. The molecule has 0 saturated carbocycles. The van der Waals surface area contributed by atoms with Gasteiger partial charge in [-0.3, -0.25) is 9.59 Å². The number of hydrogen-bond donors (Lipinski definition) is 3. The standard InChI is InChI=1S/C26H29N3O4/c1-17-6-4-5-7-22(17)23(14-24(28-33)21-12-13-25(31)29(3)15-21)19-8-10-20(11-9-19)26(32)27-18(2)16-30/h4-13,15,18,23,30,33H,14,16H2,1-3H3,(H,27,32)/b28-24-. The summed E-state index contributed by atoms with van der Waals surface area (Å²) in [7, 11) is 1.65. The van der Waals surface area contributed by atoms with Gasteiger partial charge in [-0.1, -0.05) is 41.6 Å². The van der Waals surface area contributed by atoms with E-state index in [0.717, 1.165) is 16.7 Å². The number of amides is 1. The van der Waals surface area contributed by atoms with Crippen molar-refractivity contribution in [3.63, 3.8) is 0 Å². The molecule has 7 heteroatoms. The summed E-state index contributed by atoms with van der Waals surface area (Å²) in [5, 5.41) is 25.3. The maximum absolute atomic E-state index is 12.4. The molecule has 1 heterocycles. The lowest BCUT2D eigenvalue weighted by Gasteiger charge is -2.21. The van der Waals surface area contributed by atoms with Crippen molar-refractivity contribution in [2.24, 2.45) is 12.2 Å². The Kier molecular flexibility index (Phi) is 7.79. The number of aromatic nitrogens is 1. The second-order valence-electron chi connectivity index (χ2n) is 8.21. The molecule has 0 aliphatic carbocycles. The first-order chi connectivity index (χ1) is 15.8. The van der Waals surface area contributed by atoms with E-state index in [0.29, 0.717) is 23.3 Å². The number of pyridine rings is 1. The summed E-state index contributed by atoms with van der Waals surface area (Å²) in [6.07, 6.45) is 2.05. The van der Waals surface area contributed by atoms with Crippen LogP contribution in [-0.4, -0.2) is 39.1 Å². The van der Waals surface area contributed by atoms with Crippen LogP contribution in [0.25, 0.3) is 0 Å². The van der Waals surface area contributed by atoms with E-state index in [1.54, 1.807) is 38.4 Å². The van der Waals surface area contributed by atoms with Crippen LogP contribution in [0.3, 0.4) is 0 Å². The lowest BCUT2D eigenvalue weighted by atomic mass is 9.83. The highest BCUT2D eigenvalue weighted by Gasteiger charge is 2.21. The molecule has 1 amide bonds. The van der Waals surface area contributed by atoms with E-state index in [1.165, 1.54) is 10.6 Å². The van der Waals surface area contributed by atoms with Crippen molar-refractivity contribution in [1.29, 1.82) is 0 Å². The molecule has 3 aromatic rings. The van der Waals surface area contributed by atoms with Crippen LogP contribution >= 0.6 is 0 Å². The van der Waals surface area contributed by atoms with E-state index in [4.69, 9.17) is 5.11 Å². The molecule has 2 aromatic carbocycles. The molecule has 0 aliphatic rings. The fourth-order valence-electron chi connectivity index (χ4n) is 3.78. The second-order valence-corrected chi connectivity index (χ2v) is 8.21. The van der Waals surface area contributed by atoms with Gasteiger partial charge in [-0.25, -0.2) is 0 Å². The minimum Gasteiger partial charge on any atom is -0.411 e. The van der Waals surface area contributed by atoms with Gasteiger partial charge in [0.1, 0.15) is 0 Å². The predicted molar refractivity (Wildman–Crippen MR) is 128 cm³/mol. The first kappa shape index (κ1) is 23.9. The lowest BCUT2D eigenvalue weighted by molar-refractivity contribution is 0.0922. The molecule has 0 saturated heterocycles. The van der Waals surface area contributed by atoms with Crippen molar-refractivity contribution in [2.45, 2.75) is 32.2 Å². The van der Waals surface area contributed by atoms with Crippen molar-refractivity contribution in [2.75, 3.05) is 6.61 Å². The number of hydrogen-bond acceptors (Lipinski definition) is 5. The minimum absolute atomic E-state index is 0.131. The van der Waals surface area contributed by atoms with Crippen LogP contribution < -0.4 is 10.9 Å². The maximum atomic E-state index is 12.4. The number of aryl methyl sites for hydroxylation is 2. The average Bonchev–Trinajstić information content (AvgIpc) is 2.82. The molecule has 0 aliphatic heterocycles. The van der Waals surface area contributed by atoms with Crippen LogP contribution in [0.4, 0.5) is 0 Å². The second kappa shape index (κ2) is 10.7. The van der Waals surface area contributed by atoms with E-state index in [2.05, 4.69) is 10.5 Å². The molecule has 1 aromatic heterocycles. The van der Waals surface area contributed by atoms with E-state index in [1.807, 2.05) is 43.3 Å². The van der Waals surface area contributed by atoms with Crippen LogP contribution in [0.5, 0.6) is 0 Å². The number of aliphatic hydroxyl groups excluding tert-OH is 1. The number of carbonyl (C=O) groups is 1. The van der Waals surface area contributed by atoms with E-state index in [-0.39, 0.29) is 30.0 Å². The molecule has 2 atom stereocenters. The largest absolute Gasteiger partial charge is 0.411 e. The molecule has 33 heavy (non-hydrogen) atoms. The highest BCUT2D eigenvalue weighted by Crippen LogP contribution is 2.32. The van der Waals surface area contributed by atoms with Crippen LogP contribution in [0.15, 0.2) is 76.8 Å². The molecule has 0 bridgehead atoms. The summed E-state index contributed by atoms with van der Waals surface area (Å²) in [6, 6.07) is 18.1. The van der Waals surface area contributed by atoms with Crippen LogP contribution in [0.1, 0.15) is 51.9 Å². The number of rotatable bonds is 8. The minimum atomic E-state index is -0.331. The number of nitrogens with one attached hydrogen (secondary N) is 1. The van der Waals surface area contributed by atoms with Gasteiger partial charge in [-0.2, -0.15) is 0 Å². The summed E-state index contributed by atoms with van der Waals surface area (Å²) in [6.45, 7) is 3.63. The third-order valence-corrected chi connectivity index (χ3v) is 5.73. The molecule has 2 unspecified atom stereocenters. The molecule has 172 valence electrons. The van der Waals surface area contributed by atoms with Gasteiger partial charge in [-0.05, 0) is 48.7 Å². The topological polar surface area (TPSA) is 104 Å². The van der Waals surface area contributed by atoms with Gasteiger partial charge in [-0.15, -0.1) is 0 Å². The van der Waals surface area contributed by atoms with Crippen molar-refractivity contribution >= 4 is 11.6 Å². The summed E-state index contributed by atoms with van der Waals surface area (Å²) in [4.78, 5) is 24.2. The Labute approximate surface area is 193 Å². The number of carbonyl (C=O) groups excluding carboxylic acids is 1. The maximum Gasteiger partial charge on any atom is 0.251 e. The van der Waals surface area contributed by atoms with Gasteiger partial charge >= 0.3 is 0 Å². The van der Waals surface area contributed by atoms with Crippen molar-refractivity contribution in [1.82, 2.24) is 9.88 Å². The molecular formula is C26H29N3O4. The fourth-order valence-corrected chi connectivity index (χ4v) is 3.78. The zero-order chi connectivity index (χ0) is 24.0. The van der Waals surface area contributed by atoms with E-state index in [9.17, 15) is 14.8 Å². The third kappa shape index (κ3) is 5.75. The highest BCUT2D eigenvalue weighted by molar-refractivity contribution is 6.00. The van der Waals surface area contributed by atoms with Crippen LogP contribution in [0.2, 0.25) is 0 Å². The van der Waals surface area contributed by atoms with Crippen LogP contribution in [0, 0.1) is 6.92 Å². The van der Waals surface area contributed by atoms with Gasteiger partial charge < -0.3 is 20.2 Å². The Balaban J connectivity index is 1.97. The van der Waals surface area contributed by atoms with E-state index >= 15 is 0 Å². The Morgan fingerprint density at radius 1 is 1.06 bits per heavy atom. The third-order valence-electron chi connectivity index (χ3n) is 5.73. The van der Waals surface area contributed by atoms with Crippen LogP contribution in [-0.2, 0) is 7.05 Å². The van der Waals surface area contributed by atoms with Gasteiger partial charge in [0, 0.05) is 48.8 Å². The Morgan fingerprint density at radius 3 is 2.33 bits per heavy atom. The average molecular weight is 448 g/mol. The zero-order valence-electron chi connectivity index (χ0n) is 19.0. The smallest absolute Gasteiger partial charge is 0.251 e. The highest BCUT2D eigenvalue weighted by atomic mass is 16.4. The lowest BCUT2D eigenvalue weighted by Crippen LogP contribution is -2.34. The number of oxime groups is 1. The van der Waals surface area contributed by atoms with Crippen molar-refractivity contribution in [3.05, 3.63) is 105 Å². The van der Waals surface area contributed by atoms with E-state index < -0.39 is 0 Å². The molecule has 3 rings (SSSR count). The van der Waals surface area contributed by atoms with Gasteiger partial charge in [0.25, 0.3) is 5.91 Å². The number of benzene rings is 2. The van der Waals surface area contributed by atoms with Gasteiger partial charge in [0.2, 0.25) is 5.56 Å². The molecule has 0 spiro atoms.